The monoisotopic (exact) mass is 331 g/mol. The summed E-state index contributed by atoms with van der Waals surface area (Å²) in [6.45, 7) is 5.71. The second-order valence-corrected chi connectivity index (χ2v) is 6.65. The van der Waals surface area contributed by atoms with Crippen LogP contribution < -0.4 is 5.73 Å². The number of aromatic nitrogens is 1. The van der Waals surface area contributed by atoms with Gasteiger partial charge in [0.25, 0.3) is 6.43 Å². The number of nitrogen functional groups attached to an aromatic ring is 1. The van der Waals surface area contributed by atoms with Crippen molar-refractivity contribution >= 4 is 5.69 Å². The number of aryl methyl sites for hydroxylation is 1. The van der Waals surface area contributed by atoms with Gasteiger partial charge in [-0.3, -0.25) is 9.88 Å². The highest BCUT2D eigenvalue weighted by Gasteiger charge is 2.36. The largest absolute Gasteiger partial charge is 0.399 e. The van der Waals surface area contributed by atoms with Crippen LogP contribution in [0.3, 0.4) is 0 Å². The molecule has 0 radical (unpaired) electrons. The van der Waals surface area contributed by atoms with Crippen LogP contribution in [0.4, 0.5) is 14.5 Å². The molecule has 1 aromatic carbocycles. The van der Waals surface area contributed by atoms with Crippen LogP contribution in [0, 0.1) is 13.8 Å². The van der Waals surface area contributed by atoms with Gasteiger partial charge in [0.15, 0.2) is 0 Å². The zero-order valence-corrected chi connectivity index (χ0v) is 14.3. The fraction of sp³-hybridized carbons (Fsp3) is 0.421. The first kappa shape index (κ1) is 16.8. The minimum Gasteiger partial charge on any atom is -0.399 e. The summed E-state index contributed by atoms with van der Waals surface area (Å²) in [5.41, 5.74) is 11.9. The maximum atomic E-state index is 13.2. The van der Waals surface area contributed by atoms with Crippen molar-refractivity contribution in [2.45, 2.75) is 45.7 Å². The van der Waals surface area contributed by atoms with Crippen molar-refractivity contribution in [1.82, 2.24) is 9.88 Å². The molecule has 2 atom stereocenters. The quantitative estimate of drug-likeness (QED) is 0.868. The minimum absolute atomic E-state index is 0.0000954. The van der Waals surface area contributed by atoms with E-state index < -0.39 is 6.43 Å². The Bertz CT molecular complexity index is 728. The van der Waals surface area contributed by atoms with Crippen molar-refractivity contribution in [1.29, 1.82) is 0 Å². The first-order valence-electron chi connectivity index (χ1n) is 8.22. The highest BCUT2D eigenvalue weighted by molar-refractivity contribution is 5.56. The molecule has 3 rings (SSSR count). The smallest absolute Gasteiger partial charge is 0.251 e. The number of nitrogens with zero attached hydrogens (tertiary/aromatic N) is 2. The minimum atomic E-state index is -2.38. The molecule has 0 spiro atoms. The van der Waals surface area contributed by atoms with Crippen LogP contribution >= 0.6 is 0 Å². The van der Waals surface area contributed by atoms with Gasteiger partial charge in [0.2, 0.25) is 0 Å². The lowest BCUT2D eigenvalue weighted by Crippen LogP contribution is -2.45. The third-order valence-electron chi connectivity index (χ3n) is 4.93. The summed E-state index contributed by atoms with van der Waals surface area (Å²) in [7, 11) is 0. The number of hydrogen-bond donors (Lipinski definition) is 1. The van der Waals surface area contributed by atoms with Gasteiger partial charge in [0.05, 0.1) is 18.3 Å². The van der Waals surface area contributed by atoms with Gasteiger partial charge in [-0.15, -0.1) is 0 Å². The molecular formula is C19H23F2N3. The number of fused-ring (bicyclic) bond motifs is 1. The molecule has 0 fully saturated rings. The molecule has 3 nitrogen and oxygen atoms in total. The van der Waals surface area contributed by atoms with Crippen molar-refractivity contribution < 1.29 is 8.78 Å². The molecule has 2 N–H and O–H groups in total. The third-order valence-corrected chi connectivity index (χ3v) is 4.93. The normalized spacial score (nSPS) is 21.1. The molecule has 0 aliphatic carbocycles. The number of anilines is 1. The fourth-order valence-electron chi connectivity index (χ4n) is 3.58. The van der Waals surface area contributed by atoms with Gasteiger partial charge in [-0.2, -0.15) is 0 Å². The van der Waals surface area contributed by atoms with Gasteiger partial charge in [0, 0.05) is 17.9 Å². The van der Waals surface area contributed by atoms with E-state index in [1.807, 2.05) is 49.9 Å². The number of halogens is 2. The summed E-state index contributed by atoms with van der Waals surface area (Å²) in [5.74, 6) is 0. The highest BCUT2D eigenvalue weighted by Crippen LogP contribution is 2.39. The Balaban J connectivity index is 2.15. The second kappa shape index (κ2) is 6.48. The third kappa shape index (κ3) is 3.00. The van der Waals surface area contributed by atoms with E-state index in [9.17, 15) is 8.78 Å². The van der Waals surface area contributed by atoms with Crippen LogP contribution in [0.5, 0.6) is 0 Å². The van der Waals surface area contributed by atoms with E-state index in [1.54, 1.807) is 6.20 Å². The standard InChI is InChI=1S/C19H23F2N3/c1-11-4-7-17(23-9-11)19-14-5-6-16(22)13(3)15(14)8-12(2)24(19)10-18(20)21/h4-7,9,12,18-19H,8,10,22H2,1-3H3/t12-,19?/m1/s1. The van der Waals surface area contributed by atoms with Crippen LogP contribution in [-0.4, -0.2) is 28.9 Å². The van der Waals surface area contributed by atoms with E-state index in [4.69, 9.17) is 5.73 Å². The Morgan fingerprint density at radius 1 is 1.25 bits per heavy atom. The zero-order valence-electron chi connectivity index (χ0n) is 14.3. The van der Waals surface area contributed by atoms with E-state index in [2.05, 4.69) is 4.98 Å². The molecule has 1 aromatic heterocycles. The zero-order chi connectivity index (χ0) is 17.4. The molecule has 1 aliphatic rings. The molecule has 128 valence electrons. The van der Waals surface area contributed by atoms with Gasteiger partial charge in [-0.1, -0.05) is 12.1 Å². The lowest BCUT2D eigenvalue weighted by Gasteiger charge is -2.42. The van der Waals surface area contributed by atoms with Crippen LogP contribution in [0.2, 0.25) is 0 Å². The van der Waals surface area contributed by atoms with Gasteiger partial charge in [-0.05, 0) is 61.6 Å². The molecule has 0 amide bonds. The Hall–Kier alpha value is -2.01. The SMILES string of the molecule is Cc1ccc(C2c3ccc(N)c(C)c3C[C@@H](C)N2CC(F)F)nc1. The molecular weight excluding hydrogens is 308 g/mol. The maximum Gasteiger partial charge on any atom is 0.251 e. The first-order valence-corrected chi connectivity index (χ1v) is 8.22. The van der Waals surface area contributed by atoms with Gasteiger partial charge >= 0.3 is 0 Å². The molecule has 24 heavy (non-hydrogen) atoms. The van der Waals surface area contributed by atoms with Crippen LogP contribution in [-0.2, 0) is 6.42 Å². The molecule has 1 unspecified atom stereocenters. The molecule has 5 heteroatoms. The summed E-state index contributed by atoms with van der Waals surface area (Å²) in [6, 6.07) is 7.48. The lowest BCUT2D eigenvalue weighted by atomic mass is 9.84. The lowest BCUT2D eigenvalue weighted by molar-refractivity contribution is 0.0453. The van der Waals surface area contributed by atoms with Crippen molar-refractivity contribution in [3.63, 3.8) is 0 Å². The van der Waals surface area contributed by atoms with Crippen LogP contribution in [0.1, 0.15) is 40.9 Å². The van der Waals surface area contributed by atoms with E-state index in [0.717, 1.165) is 34.5 Å². The summed E-state index contributed by atoms with van der Waals surface area (Å²) in [4.78, 5) is 6.39. The number of alkyl halides is 2. The Morgan fingerprint density at radius 2 is 2.00 bits per heavy atom. The number of nitrogens with two attached hydrogens (primary N) is 1. The topological polar surface area (TPSA) is 42.1 Å². The number of pyridine rings is 1. The van der Waals surface area contributed by atoms with Gasteiger partial charge < -0.3 is 5.73 Å². The Labute approximate surface area is 141 Å². The second-order valence-electron chi connectivity index (χ2n) is 6.65. The summed E-state index contributed by atoms with van der Waals surface area (Å²) in [5, 5.41) is 0. The fourth-order valence-corrected chi connectivity index (χ4v) is 3.58. The first-order chi connectivity index (χ1) is 11.4. The molecule has 0 saturated heterocycles. The number of benzene rings is 1. The average Bonchev–Trinajstić information content (AvgIpc) is 2.53. The summed E-state index contributed by atoms with van der Waals surface area (Å²) in [6.07, 6.45) is 0.136. The summed E-state index contributed by atoms with van der Waals surface area (Å²) >= 11 is 0. The number of hydrogen-bond acceptors (Lipinski definition) is 3. The highest BCUT2D eigenvalue weighted by atomic mass is 19.3. The maximum absolute atomic E-state index is 13.2. The Kier molecular flexibility index (Phi) is 4.54. The Morgan fingerprint density at radius 3 is 2.62 bits per heavy atom. The van der Waals surface area contributed by atoms with Crippen molar-refractivity contribution in [3.8, 4) is 0 Å². The van der Waals surface area contributed by atoms with Crippen LogP contribution in [0.15, 0.2) is 30.5 Å². The summed E-state index contributed by atoms with van der Waals surface area (Å²) < 4.78 is 26.4. The molecule has 1 aliphatic heterocycles. The van der Waals surface area contributed by atoms with Gasteiger partial charge in [0.1, 0.15) is 0 Å². The average molecular weight is 331 g/mol. The van der Waals surface area contributed by atoms with Crippen LogP contribution in [0.25, 0.3) is 0 Å². The van der Waals surface area contributed by atoms with Crippen molar-refractivity contribution in [3.05, 3.63) is 58.4 Å². The molecule has 0 bridgehead atoms. The van der Waals surface area contributed by atoms with E-state index in [0.29, 0.717) is 0 Å². The number of rotatable bonds is 3. The van der Waals surface area contributed by atoms with Crippen molar-refractivity contribution in [2.75, 3.05) is 12.3 Å². The van der Waals surface area contributed by atoms with E-state index in [1.165, 1.54) is 5.56 Å². The molecule has 0 saturated carbocycles. The van der Waals surface area contributed by atoms with E-state index in [-0.39, 0.29) is 18.6 Å². The van der Waals surface area contributed by atoms with E-state index >= 15 is 0 Å². The van der Waals surface area contributed by atoms with Gasteiger partial charge in [-0.25, -0.2) is 8.78 Å². The molecule has 2 heterocycles. The predicted octanol–water partition coefficient (Wildman–Crippen LogP) is 3.88. The molecule has 2 aromatic rings. The predicted molar refractivity (Wildman–Crippen MR) is 92.3 cm³/mol. The van der Waals surface area contributed by atoms with Crippen molar-refractivity contribution in [2.24, 2.45) is 0 Å².